The lowest BCUT2D eigenvalue weighted by molar-refractivity contribution is 0.173. The van der Waals surface area contributed by atoms with E-state index in [1.54, 1.807) is 0 Å². The minimum Gasteiger partial charge on any atom is -0.356 e. The zero-order chi connectivity index (χ0) is 19.2. The Morgan fingerprint density at radius 3 is 2.56 bits per heavy atom. The van der Waals surface area contributed by atoms with Gasteiger partial charge in [0.25, 0.3) is 0 Å². The van der Waals surface area contributed by atoms with Crippen molar-refractivity contribution in [2.45, 2.75) is 33.5 Å². The number of aliphatic hydroxyl groups excluding tert-OH is 1. The van der Waals surface area contributed by atoms with Gasteiger partial charge in [0.1, 0.15) is 0 Å². The average molecular weight is 361 g/mol. The highest BCUT2D eigenvalue weighted by Gasteiger charge is 2.32. The fraction of sp³-hybridized carbons (Fsp3) is 0.348. The van der Waals surface area contributed by atoms with E-state index in [4.69, 9.17) is 0 Å². The molecule has 4 nitrogen and oxygen atoms in total. The first-order chi connectivity index (χ1) is 12.8. The lowest BCUT2D eigenvalue weighted by Gasteiger charge is -2.29. The third-order valence-corrected chi connectivity index (χ3v) is 5.32. The Morgan fingerprint density at radius 1 is 1.00 bits per heavy atom. The van der Waals surface area contributed by atoms with Crippen molar-refractivity contribution < 1.29 is 5.11 Å². The van der Waals surface area contributed by atoms with Gasteiger partial charge in [0.15, 0.2) is 0 Å². The molecule has 0 bridgehead atoms. The van der Waals surface area contributed by atoms with E-state index >= 15 is 0 Å². The molecule has 0 spiro atoms. The number of nitrogens with zero attached hydrogens (tertiary/aromatic N) is 3. The number of fused-ring (bicyclic) bond motifs is 2. The lowest BCUT2D eigenvalue weighted by Crippen LogP contribution is -2.42. The maximum atomic E-state index is 10.7. The van der Waals surface area contributed by atoms with Gasteiger partial charge in [-0.05, 0) is 41.7 Å². The lowest BCUT2D eigenvalue weighted by atomic mass is 9.92. The molecule has 2 aromatic carbocycles. The van der Waals surface area contributed by atoms with Gasteiger partial charge in [-0.1, -0.05) is 45.0 Å². The molecule has 140 valence electrons. The van der Waals surface area contributed by atoms with E-state index in [9.17, 15) is 5.11 Å². The number of hydrogen-bond acceptors (Lipinski definition) is 4. The van der Waals surface area contributed by atoms with Gasteiger partial charge >= 0.3 is 0 Å². The first-order valence-electron chi connectivity index (χ1n) is 9.50. The summed E-state index contributed by atoms with van der Waals surface area (Å²) in [5.74, 6) is 0. The van der Waals surface area contributed by atoms with E-state index < -0.39 is 6.35 Å². The van der Waals surface area contributed by atoms with Crippen LogP contribution in [0.5, 0.6) is 0 Å². The SMILES string of the molecule is CN1c2cc(-c3cnc4ccccc4c3)ccc2N(CCC(C)(C)C)C1O. The van der Waals surface area contributed by atoms with Crippen molar-refractivity contribution in [2.24, 2.45) is 5.41 Å². The van der Waals surface area contributed by atoms with Gasteiger partial charge in [-0.25, -0.2) is 0 Å². The predicted molar refractivity (Wildman–Crippen MR) is 113 cm³/mol. The minimum absolute atomic E-state index is 0.234. The molecular formula is C23H27N3O. The Kier molecular flexibility index (Phi) is 4.31. The Labute approximate surface area is 161 Å². The molecule has 1 aliphatic heterocycles. The molecule has 4 rings (SSSR count). The normalized spacial score (nSPS) is 16.9. The summed E-state index contributed by atoms with van der Waals surface area (Å²) in [7, 11) is 1.95. The molecule has 0 aliphatic carbocycles. The zero-order valence-electron chi connectivity index (χ0n) is 16.5. The fourth-order valence-corrected chi connectivity index (χ4v) is 3.61. The van der Waals surface area contributed by atoms with Gasteiger partial charge in [0, 0.05) is 30.7 Å². The molecule has 27 heavy (non-hydrogen) atoms. The van der Waals surface area contributed by atoms with Crippen molar-refractivity contribution in [3.05, 3.63) is 54.7 Å². The number of pyridine rings is 1. The van der Waals surface area contributed by atoms with E-state index in [1.807, 2.05) is 36.3 Å². The summed E-state index contributed by atoms with van der Waals surface area (Å²) in [6.07, 6.45) is 2.33. The standard InChI is InChI=1S/C23H27N3O/c1-23(2,3)11-12-26-20-10-9-16(14-21(20)25(4)22(26)27)18-13-17-7-5-6-8-19(17)24-15-18/h5-10,13-15,22,27H,11-12H2,1-4H3. The second-order valence-electron chi connectivity index (χ2n) is 8.58. The van der Waals surface area contributed by atoms with Gasteiger partial charge in [-0.15, -0.1) is 0 Å². The van der Waals surface area contributed by atoms with Gasteiger partial charge in [-0.2, -0.15) is 0 Å². The van der Waals surface area contributed by atoms with Gasteiger partial charge in [0.2, 0.25) is 6.35 Å². The topological polar surface area (TPSA) is 39.6 Å². The Bertz CT molecular complexity index is 977. The number of benzene rings is 2. The molecule has 3 aromatic rings. The summed E-state index contributed by atoms with van der Waals surface area (Å²) in [5.41, 5.74) is 5.59. The van der Waals surface area contributed by atoms with Crippen molar-refractivity contribution in [1.82, 2.24) is 4.98 Å². The van der Waals surface area contributed by atoms with Crippen LogP contribution in [0.3, 0.4) is 0 Å². The van der Waals surface area contributed by atoms with Crippen LogP contribution in [0, 0.1) is 5.41 Å². The largest absolute Gasteiger partial charge is 0.356 e. The summed E-state index contributed by atoms with van der Waals surface area (Å²) in [5, 5.41) is 11.9. The molecule has 0 radical (unpaired) electrons. The molecule has 0 saturated carbocycles. The Morgan fingerprint density at radius 2 is 1.78 bits per heavy atom. The predicted octanol–water partition coefficient (Wildman–Crippen LogP) is 4.87. The molecule has 2 heterocycles. The van der Waals surface area contributed by atoms with Crippen molar-refractivity contribution in [3.63, 3.8) is 0 Å². The molecule has 4 heteroatoms. The first-order valence-corrected chi connectivity index (χ1v) is 9.50. The first kappa shape index (κ1) is 17.8. The van der Waals surface area contributed by atoms with Crippen LogP contribution >= 0.6 is 0 Å². The smallest absolute Gasteiger partial charge is 0.207 e. The molecule has 1 N–H and O–H groups in total. The zero-order valence-corrected chi connectivity index (χ0v) is 16.5. The van der Waals surface area contributed by atoms with Crippen molar-refractivity contribution in [3.8, 4) is 11.1 Å². The maximum Gasteiger partial charge on any atom is 0.207 e. The molecule has 0 fully saturated rings. The quantitative estimate of drug-likeness (QED) is 0.722. The second-order valence-corrected chi connectivity index (χ2v) is 8.58. The van der Waals surface area contributed by atoms with E-state index in [2.05, 4.69) is 61.0 Å². The van der Waals surface area contributed by atoms with E-state index in [0.717, 1.165) is 46.4 Å². The number of para-hydroxylation sites is 1. The maximum absolute atomic E-state index is 10.7. The molecule has 1 aliphatic rings. The van der Waals surface area contributed by atoms with Crippen LogP contribution in [0.1, 0.15) is 27.2 Å². The summed E-state index contributed by atoms with van der Waals surface area (Å²) in [6, 6.07) is 16.7. The van der Waals surface area contributed by atoms with Crippen LogP contribution in [0.25, 0.3) is 22.0 Å². The van der Waals surface area contributed by atoms with Gasteiger partial charge in [0.05, 0.1) is 16.9 Å². The number of rotatable bonds is 3. The summed E-state index contributed by atoms with van der Waals surface area (Å²) in [4.78, 5) is 8.61. The van der Waals surface area contributed by atoms with Crippen LogP contribution in [0.2, 0.25) is 0 Å². The molecular weight excluding hydrogens is 334 g/mol. The summed E-state index contributed by atoms with van der Waals surface area (Å²) < 4.78 is 0. The summed E-state index contributed by atoms with van der Waals surface area (Å²) in [6.45, 7) is 7.53. The summed E-state index contributed by atoms with van der Waals surface area (Å²) >= 11 is 0. The van der Waals surface area contributed by atoms with Crippen LogP contribution < -0.4 is 9.80 Å². The van der Waals surface area contributed by atoms with Crippen molar-refractivity contribution in [1.29, 1.82) is 0 Å². The van der Waals surface area contributed by atoms with Crippen LogP contribution in [-0.2, 0) is 0 Å². The van der Waals surface area contributed by atoms with E-state index in [-0.39, 0.29) is 5.41 Å². The van der Waals surface area contributed by atoms with Crippen LogP contribution in [-0.4, -0.2) is 30.0 Å². The molecule has 0 saturated heterocycles. The third kappa shape index (κ3) is 3.37. The van der Waals surface area contributed by atoms with Crippen LogP contribution in [0.15, 0.2) is 54.7 Å². The number of anilines is 2. The van der Waals surface area contributed by atoms with E-state index in [1.165, 1.54) is 0 Å². The van der Waals surface area contributed by atoms with E-state index in [0.29, 0.717) is 0 Å². The number of hydrogen-bond donors (Lipinski definition) is 1. The molecule has 1 atom stereocenters. The Balaban J connectivity index is 1.68. The Hall–Kier alpha value is -2.59. The third-order valence-electron chi connectivity index (χ3n) is 5.32. The van der Waals surface area contributed by atoms with Gasteiger partial charge in [-0.3, -0.25) is 4.98 Å². The number of aliphatic hydroxyl groups is 1. The highest BCUT2D eigenvalue weighted by atomic mass is 16.3. The van der Waals surface area contributed by atoms with Crippen LogP contribution in [0.4, 0.5) is 11.4 Å². The second kappa shape index (κ2) is 6.54. The van der Waals surface area contributed by atoms with Crippen molar-refractivity contribution >= 4 is 22.3 Å². The average Bonchev–Trinajstić information content (AvgIpc) is 2.89. The van der Waals surface area contributed by atoms with Gasteiger partial charge < -0.3 is 14.9 Å². The molecule has 1 unspecified atom stereocenters. The minimum atomic E-state index is -0.618. The molecule has 1 aromatic heterocycles. The monoisotopic (exact) mass is 361 g/mol. The highest BCUT2D eigenvalue weighted by Crippen LogP contribution is 2.41. The highest BCUT2D eigenvalue weighted by molar-refractivity contribution is 5.86. The number of aromatic nitrogens is 1. The molecule has 0 amide bonds. The van der Waals surface area contributed by atoms with Crippen molar-refractivity contribution in [2.75, 3.05) is 23.4 Å². The fourth-order valence-electron chi connectivity index (χ4n) is 3.61.